The fraction of sp³-hybridized carbons (Fsp3) is 0.0714. The van der Waals surface area contributed by atoms with Crippen molar-refractivity contribution in [2.75, 3.05) is 6.61 Å². The maximum Gasteiger partial charge on any atom is 0.276 e. The number of pyridine rings is 1. The normalized spacial score (nSPS) is 9.60. The molecule has 0 unspecified atom stereocenters. The van der Waals surface area contributed by atoms with Crippen LogP contribution in [0.4, 0.5) is 0 Å². The van der Waals surface area contributed by atoms with Crippen molar-refractivity contribution in [2.45, 2.75) is 0 Å². The van der Waals surface area contributed by atoms with Crippen LogP contribution >= 0.6 is 0 Å². The van der Waals surface area contributed by atoms with Crippen LogP contribution in [-0.2, 0) is 4.79 Å². The Balaban J connectivity index is 1.74. The third-order valence-electron chi connectivity index (χ3n) is 2.37. The molecule has 0 aliphatic heterocycles. The van der Waals surface area contributed by atoms with E-state index in [0.29, 0.717) is 11.3 Å². The second-order valence-electron chi connectivity index (χ2n) is 3.84. The summed E-state index contributed by atoms with van der Waals surface area (Å²) in [5.74, 6) is -0.278. The highest BCUT2D eigenvalue weighted by molar-refractivity contribution is 5.95. The summed E-state index contributed by atoms with van der Waals surface area (Å²) in [4.78, 5) is 26.9. The van der Waals surface area contributed by atoms with E-state index in [1.807, 2.05) is 6.07 Å². The lowest BCUT2D eigenvalue weighted by molar-refractivity contribution is -0.123. The zero-order valence-corrected chi connectivity index (χ0v) is 10.6. The first-order valence-corrected chi connectivity index (χ1v) is 5.93. The molecule has 0 bridgehead atoms. The molecule has 0 atom stereocenters. The van der Waals surface area contributed by atoms with Gasteiger partial charge in [0.25, 0.3) is 11.8 Å². The van der Waals surface area contributed by atoms with Gasteiger partial charge in [-0.3, -0.25) is 25.4 Å². The number of ether oxygens (including phenoxy) is 1. The van der Waals surface area contributed by atoms with Gasteiger partial charge in [0.15, 0.2) is 6.61 Å². The molecule has 20 heavy (non-hydrogen) atoms. The van der Waals surface area contributed by atoms with Crippen molar-refractivity contribution < 1.29 is 14.3 Å². The Morgan fingerprint density at radius 3 is 2.40 bits per heavy atom. The van der Waals surface area contributed by atoms with Gasteiger partial charge in [-0.05, 0) is 24.3 Å². The summed E-state index contributed by atoms with van der Waals surface area (Å²) in [6.45, 7) is -0.180. The highest BCUT2D eigenvalue weighted by Gasteiger charge is 2.07. The predicted molar refractivity (Wildman–Crippen MR) is 71.8 cm³/mol. The minimum absolute atomic E-state index is 0.180. The number of nitrogens with one attached hydrogen (secondary N) is 2. The van der Waals surface area contributed by atoms with Gasteiger partial charge in [-0.2, -0.15) is 0 Å². The van der Waals surface area contributed by atoms with E-state index in [9.17, 15) is 9.59 Å². The smallest absolute Gasteiger partial charge is 0.276 e. The molecule has 1 aromatic carbocycles. The standard InChI is InChI=1S/C14H13N3O3/c18-13(10-20-12-4-2-1-3-5-12)16-17-14(19)11-6-8-15-9-7-11/h1-9H,10H2,(H,16,18)(H,17,19). The summed E-state index contributed by atoms with van der Waals surface area (Å²) in [6, 6.07) is 12.0. The number of benzene rings is 1. The fourth-order valence-corrected chi connectivity index (χ4v) is 1.40. The zero-order valence-electron chi connectivity index (χ0n) is 10.6. The number of carbonyl (C=O) groups excluding carboxylic acids is 2. The SMILES string of the molecule is O=C(COc1ccccc1)NNC(=O)c1ccncc1. The lowest BCUT2D eigenvalue weighted by Crippen LogP contribution is -2.43. The van der Waals surface area contributed by atoms with Crippen LogP contribution in [-0.4, -0.2) is 23.4 Å². The Hall–Kier alpha value is -2.89. The molecular formula is C14H13N3O3. The molecule has 1 heterocycles. The minimum atomic E-state index is -0.448. The Morgan fingerprint density at radius 2 is 1.70 bits per heavy atom. The lowest BCUT2D eigenvalue weighted by Gasteiger charge is -2.08. The number of hydrogen-bond donors (Lipinski definition) is 2. The Labute approximate surface area is 115 Å². The van der Waals surface area contributed by atoms with Crippen molar-refractivity contribution in [3.05, 3.63) is 60.4 Å². The van der Waals surface area contributed by atoms with Gasteiger partial charge in [0.2, 0.25) is 0 Å². The third kappa shape index (κ3) is 4.09. The first-order valence-electron chi connectivity index (χ1n) is 5.93. The zero-order chi connectivity index (χ0) is 14.2. The summed E-state index contributed by atoms with van der Waals surface area (Å²) in [5, 5.41) is 0. The van der Waals surface area contributed by atoms with Crippen molar-refractivity contribution in [3.63, 3.8) is 0 Å². The van der Waals surface area contributed by atoms with E-state index in [4.69, 9.17) is 4.74 Å². The summed E-state index contributed by atoms with van der Waals surface area (Å²) in [7, 11) is 0. The molecule has 2 amide bonds. The molecule has 2 N–H and O–H groups in total. The van der Waals surface area contributed by atoms with E-state index in [-0.39, 0.29) is 6.61 Å². The number of aromatic nitrogens is 1. The number of para-hydroxylation sites is 1. The van der Waals surface area contributed by atoms with E-state index < -0.39 is 11.8 Å². The summed E-state index contributed by atoms with van der Waals surface area (Å²) in [5.41, 5.74) is 4.96. The first kappa shape index (κ1) is 13.5. The Morgan fingerprint density at radius 1 is 1.00 bits per heavy atom. The predicted octanol–water partition coefficient (Wildman–Crippen LogP) is 0.922. The average molecular weight is 271 g/mol. The maximum atomic E-state index is 11.6. The molecule has 0 fully saturated rings. The molecule has 102 valence electrons. The van der Waals surface area contributed by atoms with Gasteiger partial charge in [-0.15, -0.1) is 0 Å². The van der Waals surface area contributed by atoms with Crippen LogP contribution < -0.4 is 15.6 Å². The van der Waals surface area contributed by atoms with E-state index in [1.54, 1.807) is 36.4 Å². The highest BCUT2D eigenvalue weighted by atomic mass is 16.5. The molecule has 0 radical (unpaired) electrons. The summed E-state index contributed by atoms with van der Waals surface area (Å²) < 4.78 is 5.23. The van der Waals surface area contributed by atoms with Crippen LogP contribution in [0, 0.1) is 0 Å². The number of rotatable bonds is 4. The fourth-order valence-electron chi connectivity index (χ4n) is 1.40. The second kappa shape index (κ2) is 6.89. The highest BCUT2D eigenvalue weighted by Crippen LogP contribution is 2.07. The number of hydrazine groups is 1. The molecule has 0 spiro atoms. The van der Waals surface area contributed by atoms with Gasteiger partial charge in [-0.25, -0.2) is 0 Å². The largest absolute Gasteiger partial charge is 0.484 e. The van der Waals surface area contributed by atoms with Crippen LogP contribution in [0.25, 0.3) is 0 Å². The van der Waals surface area contributed by atoms with Gasteiger partial charge in [0.1, 0.15) is 5.75 Å². The van der Waals surface area contributed by atoms with E-state index in [0.717, 1.165) is 0 Å². The van der Waals surface area contributed by atoms with Crippen molar-refractivity contribution in [2.24, 2.45) is 0 Å². The van der Waals surface area contributed by atoms with Gasteiger partial charge in [0, 0.05) is 18.0 Å². The molecule has 2 rings (SSSR count). The van der Waals surface area contributed by atoms with Gasteiger partial charge in [-0.1, -0.05) is 18.2 Å². The molecule has 0 aliphatic carbocycles. The third-order valence-corrected chi connectivity index (χ3v) is 2.37. The first-order chi connectivity index (χ1) is 9.75. The van der Waals surface area contributed by atoms with Crippen LogP contribution in [0.5, 0.6) is 5.75 Å². The second-order valence-corrected chi connectivity index (χ2v) is 3.84. The summed E-state index contributed by atoms with van der Waals surface area (Å²) in [6.07, 6.45) is 2.99. The molecule has 1 aromatic heterocycles. The number of amides is 2. The van der Waals surface area contributed by atoms with Crippen molar-refractivity contribution in [3.8, 4) is 5.75 Å². The molecule has 0 aliphatic rings. The van der Waals surface area contributed by atoms with E-state index >= 15 is 0 Å². The topological polar surface area (TPSA) is 80.3 Å². The van der Waals surface area contributed by atoms with E-state index in [2.05, 4.69) is 15.8 Å². The van der Waals surface area contributed by atoms with Crippen molar-refractivity contribution in [1.29, 1.82) is 0 Å². The Bertz CT molecular complexity index is 573. The van der Waals surface area contributed by atoms with Crippen LogP contribution in [0.2, 0.25) is 0 Å². The van der Waals surface area contributed by atoms with Gasteiger partial charge >= 0.3 is 0 Å². The molecular weight excluding hydrogens is 258 g/mol. The van der Waals surface area contributed by atoms with Crippen LogP contribution in [0.15, 0.2) is 54.9 Å². The molecule has 0 saturated heterocycles. The quantitative estimate of drug-likeness (QED) is 0.810. The Kier molecular flexibility index (Phi) is 4.66. The summed E-state index contributed by atoms with van der Waals surface area (Å²) >= 11 is 0. The monoisotopic (exact) mass is 271 g/mol. The van der Waals surface area contributed by atoms with Crippen molar-refractivity contribution >= 4 is 11.8 Å². The minimum Gasteiger partial charge on any atom is -0.484 e. The van der Waals surface area contributed by atoms with Crippen molar-refractivity contribution in [1.82, 2.24) is 15.8 Å². The number of hydrogen-bond acceptors (Lipinski definition) is 4. The van der Waals surface area contributed by atoms with Crippen LogP contribution in [0.3, 0.4) is 0 Å². The molecule has 6 nitrogen and oxygen atoms in total. The van der Waals surface area contributed by atoms with Gasteiger partial charge in [0.05, 0.1) is 0 Å². The maximum absolute atomic E-state index is 11.6. The number of carbonyl (C=O) groups is 2. The molecule has 2 aromatic rings. The lowest BCUT2D eigenvalue weighted by atomic mass is 10.3. The van der Waals surface area contributed by atoms with Crippen LogP contribution in [0.1, 0.15) is 10.4 Å². The molecule has 6 heteroatoms. The van der Waals surface area contributed by atoms with E-state index in [1.165, 1.54) is 12.4 Å². The average Bonchev–Trinajstić information content (AvgIpc) is 2.52. The van der Waals surface area contributed by atoms with Gasteiger partial charge < -0.3 is 4.74 Å². The molecule has 0 saturated carbocycles. The number of nitrogens with zero attached hydrogens (tertiary/aromatic N) is 1.